The van der Waals surface area contributed by atoms with Gasteiger partial charge in [0.25, 0.3) is 5.91 Å². The quantitative estimate of drug-likeness (QED) is 0.633. The van der Waals surface area contributed by atoms with E-state index in [9.17, 15) is 14.4 Å². The van der Waals surface area contributed by atoms with Crippen LogP contribution in [0.5, 0.6) is 0 Å². The first-order chi connectivity index (χ1) is 16.4. The van der Waals surface area contributed by atoms with Gasteiger partial charge in [0.05, 0.1) is 6.10 Å². The highest BCUT2D eigenvalue weighted by atomic mass is 16.5. The number of benzene rings is 1. The van der Waals surface area contributed by atoms with Crippen LogP contribution in [0.25, 0.3) is 0 Å². The number of ketones is 1. The van der Waals surface area contributed by atoms with Crippen molar-refractivity contribution in [1.82, 2.24) is 15.1 Å². The topological polar surface area (TPSA) is 79.0 Å². The van der Waals surface area contributed by atoms with Gasteiger partial charge in [-0.05, 0) is 74.8 Å². The number of hydrogen-bond donors (Lipinski definition) is 1. The average Bonchev–Trinajstić information content (AvgIpc) is 3.45. The molecule has 7 heteroatoms. The number of carbonyl (C=O) groups is 3. The van der Waals surface area contributed by atoms with Crippen molar-refractivity contribution in [2.24, 2.45) is 5.92 Å². The van der Waals surface area contributed by atoms with Crippen LogP contribution >= 0.6 is 0 Å². The number of Topliss-reactive ketones (excluding diaryl/α,β-unsaturated/α-hetero) is 1. The number of carbonyl (C=O) groups excluding carboxylic acids is 3. The molecule has 0 saturated carbocycles. The maximum Gasteiger partial charge on any atom is 0.251 e. The van der Waals surface area contributed by atoms with Gasteiger partial charge in [-0.2, -0.15) is 0 Å². The van der Waals surface area contributed by atoms with E-state index in [1.165, 1.54) is 18.5 Å². The van der Waals surface area contributed by atoms with Gasteiger partial charge < -0.3 is 19.9 Å². The van der Waals surface area contributed by atoms with Crippen LogP contribution in [0.1, 0.15) is 74.7 Å². The molecule has 3 saturated heterocycles. The molecule has 0 aliphatic carbocycles. The lowest BCUT2D eigenvalue weighted by molar-refractivity contribution is -0.139. The molecule has 186 valence electrons. The molecular weight excluding hydrogens is 430 g/mol. The Morgan fingerprint density at radius 3 is 2.44 bits per heavy atom. The summed E-state index contributed by atoms with van der Waals surface area (Å²) in [6.07, 6.45) is 4.71. The average molecular weight is 470 g/mol. The summed E-state index contributed by atoms with van der Waals surface area (Å²) in [6.45, 7) is 10.2. The van der Waals surface area contributed by atoms with Crippen molar-refractivity contribution >= 4 is 17.6 Å². The zero-order valence-corrected chi connectivity index (χ0v) is 20.8. The largest absolute Gasteiger partial charge is 0.368 e. The van der Waals surface area contributed by atoms with Crippen molar-refractivity contribution in [3.8, 4) is 0 Å². The van der Waals surface area contributed by atoms with E-state index in [0.29, 0.717) is 24.4 Å². The molecule has 2 amide bonds. The van der Waals surface area contributed by atoms with Gasteiger partial charge in [-0.1, -0.05) is 39.3 Å². The van der Waals surface area contributed by atoms with Crippen molar-refractivity contribution in [3.63, 3.8) is 0 Å². The van der Waals surface area contributed by atoms with Crippen LogP contribution in [0.15, 0.2) is 24.3 Å². The first kappa shape index (κ1) is 24.9. The summed E-state index contributed by atoms with van der Waals surface area (Å²) in [5.74, 6) is 0.0350. The number of rotatable bonds is 8. The Bertz CT molecular complexity index is 878. The van der Waals surface area contributed by atoms with Gasteiger partial charge in [0.15, 0.2) is 5.78 Å². The molecule has 3 heterocycles. The molecule has 1 aromatic carbocycles. The van der Waals surface area contributed by atoms with Gasteiger partial charge in [-0.25, -0.2) is 0 Å². The molecule has 1 N–H and O–H groups in total. The molecule has 1 aromatic rings. The van der Waals surface area contributed by atoms with Crippen LogP contribution in [-0.2, 0) is 14.3 Å². The summed E-state index contributed by atoms with van der Waals surface area (Å²) in [4.78, 5) is 43.0. The third kappa shape index (κ3) is 5.20. The Labute approximate surface area is 203 Å². The van der Waals surface area contributed by atoms with Crippen LogP contribution in [0.4, 0.5) is 0 Å². The smallest absolute Gasteiger partial charge is 0.251 e. The summed E-state index contributed by atoms with van der Waals surface area (Å²) < 4.78 is 5.53. The molecule has 3 aliphatic heterocycles. The van der Waals surface area contributed by atoms with E-state index in [-0.39, 0.29) is 36.2 Å². The highest BCUT2D eigenvalue weighted by Crippen LogP contribution is 2.30. The molecule has 0 bridgehead atoms. The number of piperidine rings is 1. The maximum atomic E-state index is 13.4. The first-order valence-corrected chi connectivity index (χ1v) is 13.0. The molecule has 0 spiro atoms. The predicted molar refractivity (Wildman–Crippen MR) is 131 cm³/mol. The van der Waals surface area contributed by atoms with Crippen LogP contribution < -0.4 is 5.32 Å². The zero-order valence-electron chi connectivity index (χ0n) is 20.8. The van der Waals surface area contributed by atoms with Gasteiger partial charge in [-0.3, -0.25) is 14.4 Å². The summed E-state index contributed by atoms with van der Waals surface area (Å²) in [5.41, 5.74) is 1.85. The first-order valence-electron chi connectivity index (χ1n) is 13.0. The van der Waals surface area contributed by atoms with Crippen LogP contribution in [-0.4, -0.2) is 78.4 Å². The molecule has 4 rings (SSSR count). The van der Waals surface area contributed by atoms with Crippen LogP contribution in [0, 0.1) is 5.92 Å². The number of likely N-dealkylation sites (tertiary alicyclic amines) is 2. The monoisotopic (exact) mass is 469 g/mol. The maximum absolute atomic E-state index is 13.4. The summed E-state index contributed by atoms with van der Waals surface area (Å²) in [7, 11) is 0. The van der Waals surface area contributed by atoms with Gasteiger partial charge in [0, 0.05) is 12.1 Å². The minimum absolute atomic E-state index is 0.0406. The second kappa shape index (κ2) is 11.0. The third-order valence-corrected chi connectivity index (χ3v) is 7.93. The number of amides is 2. The molecule has 34 heavy (non-hydrogen) atoms. The number of nitrogens with one attached hydrogen (secondary N) is 1. The number of ether oxygens (including phenoxy) is 1. The minimum atomic E-state index is -0.660. The number of hydrogen-bond acceptors (Lipinski definition) is 5. The van der Waals surface area contributed by atoms with Gasteiger partial charge in [-0.15, -0.1) is 0 Å². The molecule has 3 aliphatic rings. The van der Waals surface area contributed by atoms with E-state index in [0.717, 1.165) is 32.4 Å². The Hall–Kier alpha value is -2.25. The molecular formula is C27H39N3O4. The highest BCUT2D eigenvalue weighted by Gasteiger charge is 2.48. The van der Waals surface area contributed by atoms with E-state index >= 15 is 0 Å². The van der Waals surface area contributed by atoms with Crippen molar-refractivity contribution in [2.45, 2.75) is 77.0 Å². The van der Waals surface area contributed by atoms with Gasteiger partial charge in [0.2, 0.25) is 5.91 Å². The molecule has 0 aromatic heterocycles. The predicted octanol–water partition coefficient (Wildman–Crippen LogP) is 2.99. The number of nitrogens with zero attached hydrogens (tertiary/aromatic N) is 2. The van der Waals surface area contributed by atoms with Crippen LogP contribution in [0.3, 0.4) is 0 Å². The highest BCUT2D eigenvalue weighted by molar-refractivity contribution is 5.99. The minimum Gasteiger partial charge on any atom is -0.368 e. The van der Waals surface area contributed by atoms with E-state index in [2.05, 4.69) is 29.3 Å². The van der Waals surface area contributed by atoms with Crippen molar-refractivity contribution < 1.29 is 19.1 Å². The van der Waals surface area contributed by atoms with Crippen LogP contribution in [0.2, 0.25) is 0 Å². The lowest BCUT2D eigenvalue weighted by atomic mass is 9.89. The fraction of sp³-hybridized carbons (Fsp3) is 0.667. The third-order valence-electron chi connectivity index (χ3n) is 7.93. The van der Waals surface area contributed by atoms with Crippen molar-refractivity contribution in [3.05, 3.63) is 35.4 Å². The summed E-state index contributed by atoms with van der Waals surface area (Å²) in [6, 6.07) is 6.72. The Morgan fingerprint density at radius 2 is 1.79 bits per heavy atom. The zero-order chi connectivity index (χ0) is 24.2. The lowest BCUT2D eigenvalue weighted by Gasteiger charge is -2.32. The van der Waals surface area contributed by atoms with Gasteiger partial charge >= 0.3 is 0 Å². The number of fused-ring (bicyclic) bond motifs is 1. The standard InChI is InChI=1S/C27H39N3O4/c1-4-13-29-14-10-20(11-15-29)19-6-8-21(9-7-19)26(32)28-24(18(3)5-2)27(33)30-16-12-23-25(30)22(31)17-34-23/h6-9,18,20,23-25H,4-5,10-17H2,1-3H3,(H,28,32)/t18-,23+,24-,25+/m0/s1. The van der Waals surface area contributed by atoms with E-state index < -0.39 is 12.1 Å². The Balaban J connectivity index is 1.40. The second-order valence-corrected chi connectivity index (χ2v) is 10.2. The molecule has 0 unspecified atom stereocenters. The SMILES string of the molecule is CCCN1CCC(c2ccc(C(=O)N[C@H](C(=O)N3CC[C@H]4OCC(=O)[C@H]43)[C@@H](C)CC)cc2)CC1. The van der Waals surface area contributed by atoms with E-state index in [1.54, 1.807) is 4.90 Å². The molecule has 7 nitrogen and oxygen atoms in total. The van der Waals surface area contributed by atoms with Gasteiger partial charge in [0.1, 0.15) is 18.7 Å². The summed E-state index contributed by atoms with van der Waals surface area (Å²) >= 11 is 0. The Kier molecular flexibility index (Phi) is 8.04. The normalized spacial score (nSPS) is 25.3. The summed E-state index contributed by atoms with van der Waals surface area (Å²) in [5, 5.41) is 2.99. The Morgan fingerprint density at radius 1 is 1.09 bits per heavy atom. The molecule has 3 fully saturated rings. The van der Waals surface area contributed by atoms with Crippen molar-refractivity contribution in [1.29, 1.82) is 0 Å². The fourth-order valence-corrected chi connectivity index (χ4v) is 5.64. The fourth-order valence-electron chi connectivity index (χ4n) is 5.64. The van der Waals surface area contributed by atoms with E-state index in [4.69, 9.17) is 4.74 Å². The van der Waals surface area contributed by atoms with E-state index in [1.807, 2.05) is 26.0 Å². The molecule has 0 radical (unpaired) electrons. The molecule has 4 atom stereocenters. The second-order valence-electron chi connectivity index (χ2n) is 10.2. The lowest BCUT2D eigenvalue weighted by Crippen LogP contribution is -2.54. The van der Waals surface area contributed by atoms with Crippen molar-refractivity contribution in [2.75, 3.05) is 32.8 Å².